The van der Waals surface area contributed by atoms with Crippen molar-refractivity contribution in [1.29, 1.82) is 0 Å². The third kappa shape index (κ3) is 2.60. The first-order valence-electron chi connectivity index (χ1n) is 6.60. The molecule has 6 nitrogen and oxygen atoms in total. The first-order valence-corrected chi connectivity index (χ1v) is 6.60. The number of rotatable bonds is 3. The van der Waals surface area contributed by atoms with E-state index in [1.807, 2.05) is 25.1 Å². The number of hydrogen-bond donors (Lipinski definition) is 0. The van der Waals surface area contributed by atoms with Gasteiger partial charge in [-0.15, -0.1) is 0 Å². The monoisotopic (exact) mass is 281 g/mol. The summed E-state index contributed by atoms with van der Waals surface area (Å²) in [6.45, 7) is 2.39. The van der Waals surface area contributed by atoms with Gasteiger partial charge in [-0.05, 0) is 24.6 Å². The zero-order valence-corrected chi connectivity index (χ0v) is 11.9. The molecule has 0 saturated heterocycles. The standard InChI is InChI=1S/C15H15N5O/c1-11-5-7-20-14(18-11)13(9-17-20)15(21)19(2)10-12-4-3-6-16-8-12/h3-9H,10H2,1-2H3. The van der Waals surface area contributed by atoms with Gasteiger partial charge < -0.3 is 4.90 Å². The van der Waals surface area contributed by atoms with Crippen LogP contribution >= 0.6 is 0 Å². The van der Waals surface area contributed by atoms with Gasteiger partial charge in [0.05, 0.1) is 6.20 Å². The molecular weight excluding hydrogens is 266 g/mol. The van der Waals surface area contributed by atoms with Crippen LogP contribution in [0.15, 0.2) is 43.0 Å². The summed E-state index contributed by atoms with van der Waals surface area (Å²) in [5, 5.41) is 4.16. The van der Waals surface area contributed by atoms with Crippen LogP contribution in [0, 0.1) is 6.92 Å². The van der Waals surface area contributed by atoms with E-state index < -0.39 is 0 Å². The number of nitrogens with zero attached hydrogens (tertiary/aromatic N) is 5. The van der Waals surface area contributed by atoms with Gasteiger partial charge in [0.25, 0.3) is 5.91 Å². The van der Waals surface area contributed by atoms with Crippen molar-refractivity contribution in [3.63, 3.8) is 0 Å². The van der Waals surface area contributed by atoms with Gasteiger partial charge in [-0.3, -0.25) is 9.78 Å². The van der Waals surface area contributed by atoms with Gasteiger partial charge in [-0.2, -0.15) is 5.10 Å². The lowest BCUT2D eigenvalue weighted by atomic mass is 10.2. The van der Waals surface area contributed by atoms with E-state index >= 15 is 0 Å². The zero-order valence-electron chi connectivity index (χ0n) is 11.9. The number of carbonyl (C=O) groups is 1. The fourth-order valence-corrected chi connectivity index (χ4v) is 2.15. The number of hydrogen-bond acceptors (Lipinski definition) is 4. The molecule has 6 heteroatoms. The number of amides is 1. The third-order valence-corrected chi connectivity index (χ3v) is 3.23. The summed E-state index contributed by atoms with van der Waals surface area (Å²) >= 11 is 0. The second-order valence-electron chi connectivity index (χ2n) is 4.92. The van der Waals surface area contributed by atoms with Crippen molar-refractivity contribution < 1.29 is 4.79 Å². The van der Waals surface area contributed by atoms with Crippen LogP contribution in [0.25, 0.3) is 5.65 Å². The van der Waals surface area contributed by atoms with E-state index in [1.54, 1.807) is 41.3 Å². The van der Waals surface area contributed by atoms with Gasteiger partial charge in [0.2, 0.25) is 0 Å². The van der Waals surface area contributed by atoms with E-state index in [2.05, 4.69) is 15.1 Å². The summed E-state index contributed by atoms with van der Waals surface area (Å²) in [6.07, 6.45) is 6.82. The van der Waals surface area contributed by atoms with Crippen LogP contribution in [0.4, 0.5) is 0 Å². The summed E-state index contributed by atoms with van der Waals surface area (Å²) in [4.78, 5) is 22.6. The van der Waals surface area contributed by atoms with Crippen molar-refractivity contribution >= 4 is 11.6 Å². The van der Waals surface area contributed by atoms with Crippen LogP contribution in [0.5, 0.6) is 0 Å². The SMILES string of the molecule is Cc1ccn2ncc(C(=O)N(C)Cc3cccnc3)c2n1. The molecule has 0 bridgehead atoms. The highest BCUT2D eigenvalue weighted by molar-refractivity contribution is 5.99. The van der Waals surface area contributed by atoms with Crippen molar-refractivity contribution in [1.82, 2.24) is 24.5 Å². The quantitative estimate of drug-likeness (QED) is 0.733. The maximum Gasteiger partial charge on any atom is 0.259 e. The number of aromatic nitrogens is 4. The van der Waals surface area contributed by atoms with Gasteiger partial charge in [0.1, 0.15) is 5.56 Å². The van der Waals surface area contributed by atoms with Gasteiger partial charge in [0.15, 0.2) is 5.65 Å². The lowest BCUT2D eigenvalue weighted by molar-refractivity contribution is 0.0786. The summed E-state index contributed by atoms with van der Waals surface area (Å²) in [5.41, 5.74) is 2.92. The molecule has 0 aliphatic rings. The van der Waals surface area contributed by atoms with Crippen LogP contribution in [0.1, 0.15) is 21.6 Å². The van der Waals surface area contributed by atoms with E-state index in [0.29, 0.717) is 17.8 Å². The molecule has 0 fully saturated rings. The number of carbonyl (C=O) groups excluding carboxylic acids is 1. The number of fused-ring (bicyclic) bond motifs is 1. The Balaban J connectivity index is 1.88. The first kappa shape index (κ1) is 13.2. The highest BCUT2D eigenvalue weighted by Crippen LogP contribution is 2.12. The Bertz CT molecular complexity index is 781. The van der Waals surface area contributed by atoms with Gasteiger partial charge in [-0.25, -0.2) is 9.50 Å². The Kier molecular flexibility index (Phi) is 3.35. The third-order valence-electron chi connectivity index (χ3n) is 3.23. The van der Waals surface area contributed by atoms with Crippen molar-refractivity contribution in [2.45, 2.75) is 13.5 Å². The van der Waals surface area contributed by atoms with E-state index in [1.165, 1.54) is 0 Å². The molecule has 3 rings (SSSR count). The molecule has 3 aromatic heterocycles. The van der Waals surface area contributed by atoms with E-state index in [9.17, 15) is 4.79 Å². The summed E-state index contributed by atoms with van der Waals surface area (Å²) in [5.74, 6) is -0.105. The highest BCUT2D eigenvalue weighted by Gasteiger charge is 2.18. The van der Waals surface area contributed by atoms with Crippen LogP contribution < -0.4 is 0 Å². The molecule has 0 atom stereocenters. The molecule has 0 aliphatic carbocycles. The molecule has 0 saturated carbocycles. The molecule has 0 aromatic carbocycles. The summed E-state index contributed by atoms with van der Waals surface area (Å²) in [7, 11) is 1.76. The molecule has 0 aliphatic heterocycles. The smallest absolute Gasteiger partial charge is 0.259 e. The van der Waals surface area contributed by atoms with Gasteiger partial charge in [0, 0.05) is 37.9 Å². The van der Waals surface area contributed by atoms with Crippen molar-refractivity contribution in [2.75, 3.05) is 7.05 Å². The van der Waals surface area contributed by atoms with Crippen LogP contribution in [-0.2, 0) is 6.54 Å². The van der Waals surface area contributed by atoms with E-state index in [4.69, 9.17) is 0 Å². The summed E-state index contributed by atoms with van der Waals surface area (Å²) < 4.78 is 1.61. The Morgan fingerprint density at radius 1 is 1.33 bits per heavy atom. The minimum absolute atomic E-state index is 0.105. The highest BCUT2D eigenvalue weighted by atomic mass is 16.2. The molecule has 3 aromatic rings. The predicted octanol–water partition coefficient (Wildman–Crippen LogP) is 1.70. The minimum atomic E-state index is -0.105. The Morgan fingerprint density at radius 3 is 2.95 bits per heavy atom. The molecule has 106 valence electrons. The van der Waals surface area contributed by atoms with Gasteiger partial charge >= 0.3 is 0 Å². The lowest BCUT2D eigenvalue weighted by Crippen LogP contribution is -2.26. The number of pyridine rings is 1. The zero-order chi connectivity index (χ0) is 14.8. The fraction of sp³-hybridized carbons (Fsp3) is 0.200. The normalized spacial score (nSPS) is 10.8. The Hall–Kier alpha value is -2.76. The van der Waals surface area contributed by atoms with Crippen LogP contribution in [0.3, 0.4) is 0 Å². The van der Waals surface area contributed by atoms with Crippen molar-refractivity contribution in [3.8, 4) is 0 Å². The second kappa shape index (κ2) is 5.32. The van der Waals surface area contributed by atoms with Crippen molar-refractivity contribution in [3.05, 3.63) is 59.8 Å². The molecule has 0 radical (unpaired) electrons. The van der Waals surface area contributed by atoms with Gasteiger partial charge in [-0.1, -0.05) is 6.07 Å². The van der Waals surface area contributed by atoms with Crippen molar-refractivity contribution in [2.24, 2.45) is 0 Å². The molecule has 3 heterocycles. The summed E-state index contributed by atoms with van der Waals surface area (Å²) in [6, 6.07) is 5.65. The van der Waals surface area contributed by atoms with Crippen LogP contribution in [-0.4, -0.2) is 37.4 Å². The average Bonchev–Trinajstić information content (AvgIpc) is 2.90. The molecule has 0 spiro atoms. The topological polar surface area (TPSA) is 63.4 Å². The molecule has 1 amide bonds. The number of aryl methyl sites for hydroxylation is 1. The first-order chi connectivity index (χ1) is 10.1. The maximum absolute atomic E-state index is 12.5. The molecule has 0 unspecified atom stereocenters. The van der Waals surface area contributed by atoms with Crippen LogP contribution in [0.2, 0.25) is 0 Å². The molecular formula is C15H15N5O. The second-order valence-corrected chi connectivity index (χ2v) is 4.92. The van der Waals surface area contributed by atoms with E-state index in [-0.39, 0.29) is 5.91 Å². The Morgan fingerprint density at radius 2 is 2.19 bits per heavy atom. The molecule has 21 heavy (non-hydrogen) atoms. The predicted molar refractivity (Wildman–Crippen MR) is 77.8 cm³/mol. The molecule has 0 N–H and O–H groups in total. The fourth-order valence-electron chi connectivity index (χ4n) is 2.15. The largest absolute Gasteiger partial charge is 0.337 e. The minimum Gasteiger partial charge on any atom is -0.337 e. The maximum atomic E-state index is 12.5. The van der Waals surface area contributed by atoms with E-state index in [0.717, 1.165) is 11.3 Å². The lowest BCUT2D eigenvalue weighted by Gasteiger charge is -2.16. The average molecular weight is 281 g/mol. The Labute approximate surface area is 122 Å².